The molecule has 0 radical (unpaired) electrons. The lowest BCUT2D eigenvalue weighted by molar-refractivity contribution is -0.137. The fraction of sp³-hybridized carbons (Fsp3) is 0.421. The van der Waals surface area contributed by atoms with Gasteiger partial charge in [-0.15, -0.1) is 0 Å². The van der Waals surface area contributed by atoms with E-state index in [4.69, 9.17) is 5.14 Å². The summed E-state index contributed by atoms with van der Waals surface area (Å²) < 4.78 is 63.0. The molecular formula is C19H22F3N5O4S. The van der Waals surface area contributed by atoms with E-state index in [0.717, 1.165) is 23.5 Å². The van der Waals surface area contributed by atoms with Crippen LogP contribution in [-0.2, 0) is 16.2 Å². The number of alkyl halides is 3. The maximum absolute atomic E-state index is 13.4. The summed E-state index contributed by atoms with van der Waals surface area (Å²) in [6.45, 7) is 3.92. The Bertz CT molecular complexity index is 1100. The third-order valence-electron chi connectivity index (χ3n) is 5.21. The van der Waals surface area contributed by atoms with Crippen molar-refractivity contribution < 1.29 is 31.5 Å². The second-order valence-electron chi connectivity index (χ2n) is 7.79. The molecule has 2 unspecified atom stereocenters. The van der Waals surface area contributed by atoms with Gasteiger partial charge in [-0.1, -0.05) is 13.8 Å². The van der Waals surface area contributed by atoms with Gasteiger partial charge in [0.15, 0.2) is 5.03 Å². The highest BCUT2D eigenvalue weighted by Crippen LogP contribution is 2.31. The smallest absolute Gasteiger partial charge is 0.392 e. The van der Waals surface area contributed by atoms with Gasteiger partial charge in [0.25, 0.3) is 15.9 Å². The molecule has 1 aliphatic rings. The molecule has 2 aromatic rings. The third kappa shape index (κ3) is 5.06. The summed E-state index contributed by atoms with van der Waals surface area (Å²) in [5.74, 6) is -1.40. The number of aliphatic hydroxyl groups is 1. The average Bonchev–Trinajstić information content (AvgIpc) is 2.71. The van der Waals surface area contributed by atoms with Crippen LogP contribution in [0.25, 0.3) is 0 Å². The molecule has 0 aromatic carbocycles. The van der Waals surface area contributed by atoms with Crippen molar-refractivity contribution in [2.24, 2.45) is 17.0 Å². The number of carbonyl (C=O) groups excluding carboxylic acids is 1. The number of aromatic nitrogens is 2. The Balaban J connectivity index is 2.10. The number of halogens is 3. The van der Waals surface area contributed by atoms with Crippen molar-refractivity contribution in [3.05, 3.63) is 47.9 Å². The topological polar surface area (TPSA) is 130 Å². The molecule has 174 valence electrons. The van der Waals surface area contributed by atoms with Gasteiger partial charge in [-0.2, -0.15) is 13.2 Å². The number of hydrazine groups is 1. The van der Waals surface area contributed by atoms with Gasteiger partial charge in [0.05, 0.1) is 22.9 Å². The molecule has 0 aliphatic carbocycles. The van der Waals surface area contributed by atoms with Crippen LogP contribution in [0.3, 0.4) is 0 Å². The summed E-state index contributed by atoms with van der Waals surface area (Å²) >= 11 is 0. The summed E-state index contributed by atoms with van der Waals surface area (Å²) in [4.78, 5) is 20.6. The monoisotopic (exact) mass is 473 g/mol. The lowest BCUT2D eigenvalue weighted by Gasteiger charge is -2.44. The van der Waals surface area contributed by atoms with Gasteiger partial charge in [0.1, 0.15) is 0 Å². The summed E-state index contributed by atoms with van der Waals surface area (Å²) in [6, 6.07) is 3.08. The lowest BCUT2D eigenvalue weighted by Crippen LogP contribution is -2.56. The summed E-state index contributed by atoms with van der Waals surface area (Å²) in [7, 11) is -4.20. The number of rotatable bonds is 4. The maximum atomic E-state index is 13.4. The summed E-state index contributed by atoms with van der Waals surface area (Å²) in [5.41, 5.74) is -1.40. The summed E-state index contributed by atoms with van der Waals surface area (Å²) in [5, 5.41) is 17.5. The Hall–Kier alpha value is -2.61. The van der Waals surface area contributed by atoms with E-state index >= 15 is 0 Å². The molecule has 9 nitrogen and oxygen atoms in total. The molecule has 2 aromatic heterocycles. The number of hydrogen-bond acceptors (Lipinski definition) is 7. The van der Waals surface area contributed by atoms with Crippen LogP contribution in [0, 0.1) is 11.8 Å². The number of piperidine rings is 1. The first-order valence-electron chi connectivity index (χ1n) is 9.57. The van der Waals surface area contributed by atoms with Crippen LogP contribution in [0.2, 0.25) is 0 Å². The van der Waals surface area contributed by atoms with Gasteiger partial charge < -0.3 is 5.11 Å². The van der Waals surface area contributed by atoms with E-state index in [1.54, 1.807) is 18.9 Å². The molecule has 1 amide bonds. The number of sulfonamides is 1. The van der Waals surface area contributed by atoms with Gasteiger partial charge in [-0.3, -0.25) is 9.78 Å². The largest absolute Gasteiger partial charge is 0.417 e. The highest BCUT2D eigenvalue weighted by molar-refractivity contribution is 7.89. The molecule has 2 atom stereocenters. The molecule has 0 saturated carbocycles. The average molecular weight is 473 g/mol. The minimum atomic E-state index is -4.70. The van der Waals surface area contributed by atoms with Crippen LogP contribution >= 0.6 is 0 Å². The Morgan fingerprint density at radius 2 is 1.84 bits per heavy atom. The molecule has 0 spiro atoms. The van der Waals surface area contributed by atoms with Crippen molar-refractivity contribution in [1.82, 2.24) is 15.0 Å². The van der Waals surface area contributed by atoms with Crippen molar-refractivity contribution in [2.75, 3.05) is 18.1 Å². The zero-order chi connectivity index (χ0) is 23.8. The zero-order valence-corrected chi connectivity index (χ0v) is 18.0. The fourth-order valence-corrected chi connectivity index (χ4v) is 4.10. The van der Waals surface area contributed by atoms with Crippen LogP contribution < -0.4 is 10.1 Å². The lowest BCUT2D eigenvalue weighted by atomic mass is 9.89. The number of amides is 1. The second-order valence-corrected chi connectivity index (χ2v) is 9.30. The number of aliphatic hydroxyl groups excluding tert-OH is 1. The predicted molar refractivity (Wildman–Crippen MR) is 108 cm³/mol. The molecule has 1 fully saturated rings. The van der Waals surface area contributed by atoms with E-state index in [1.165, 1.54) is 6.07 Å². The zero-order valence-electron chi connectivity index (χ0n) is 17.2. The molecule has 3 rings (SSSR count). The standard InChI is InChI=1S/C19H22F3N5O4S/c1-11-9-26(10-12(2)17(11)28)27(15-3-4-25-16(6-15)32(23,30)31)18(29)13-5-14(8-24-7-13)19(20,21)22/h3-8,11-12,17,28H,9-10H2,1-2H3,(H2,23,30,31). The van der Waals surface area contributed by atoms with E-state index in [-0.39, 0.29) is 36.2 Å². The van der Waals surface area contributed by atoms with Crippen molar-refractivity contribution in [2.45, 2.75) is 31.2 Å². The predicted octanol–water partition coefficient (Wildman–Crippen LogP) is 1.65. The highest BCUT2D eigenvalue weighted by Gasteiger charge is 2.37. The molecule has 1 saturated heterocycles. The molecule has 3 N–H and O–H groups in total. The Morgan fingerprint density at radius 1 is 1.22 bits per heavy atom. The molecule has 1 aliphatic heterocycles. The number of nitrogens with zero attached hydrogens (tertiary/aromatic N) is 4. The van der Waals surface area contributed by atoms with E-state index in [2.05, 4.69) is 9.97 Å². The molecule has 0 bridgehead atoms. The van der Waals surface area contributed by atoms with Crippen molar-refractivity contribution in [1.29, 1.82) is 0 Å². The van der Waals surface area contributed by atoms with Gasteiger partial charge in [-0.25, -0.2) is 28.6 Å². The van der Waals surface area contributed by atoms with E-state index < -0.39 is 38.8 Å². The van der Waals surface area contributed by atoms with Crippen molar-refractivity contribution in [3.8, 4) is 0 Å². The van der Waals surface area contributed by atoms with Crippen LogP contribution in [0.4, 0.5) is 18.9 Å². The van der Waals surface area contributed by atoms with Crippen LogP contribution in [0.1, 0.15) is 29.8 Å². The molecule has 32 heavy (non-hydrogen) atoms. The number of anilines is 1. The number of primary sulfonamides is 1. The van der Waals surface area contributed by atoms with E-state index in [1.807, 2.05) is 0 Å². The normalized spacial score (nSPS) is 22.5. The Kier molecular flexibility index (Phi) is 6.56. The highest BCUT2D eigenvalue weighted by atomic mass is 32.2. The minimum Gasteiger partial charge on any atom is -0.392 e. The SMILES string of the molecule is CC1CN(N(C(=O)c2cncc(C(F)(F)F)c2)c2ccnc(S(N)(=O)=O)c2)CC(C)C1O. The van der Waals surface area contributed by atoms with Crippen LogP contribution in [0.15, 0.2) is 41.8 Å². The first-order valence-corrected chi connectivity index (χ1v) is 11.1. The third-order valence-corrected chi connectivity index (χ3v) is 6.01. The van der Waals surface area contributed by atoms with Crippen LogP contribution in [0.5, 0.6) is 0 Å². The van der Waals surface area contributed by atoms with Gasteiger partial charge in [-0.05, 0) is 24.0 Å². The van der Waals surface area contributed by atoms with Crippen LogP contribution in [-0.4, -0.2) is 53.6 Å². The summed E-state index contributed by atoms with van der Waals surface area (Å²) in [6.07, 6.45) is -2.61. The number of pyridine rings is 2. The molecule has 13 heteroatoms. The fourth-order valence-electron chi connectivity index (χ4n) is 3.61. The van der Waals surface area contributed by atoms with Crippen molar-refractivity contribution >= 4 is 21.6 Å². The van der Waals surface area contributed by atoms with E-state index in [9.17, 15) is 31.5 Å². The Labute approximate surface area is 182 Å². The van der Waals surface area contributed by atoms with Gasteiger partial charge in [0.2, 0.25) is 0 Å². The number of hydrogen-bond donors (Lipinski definition) is 2. The first kappa shape index (κ1) is 24.0. The minimum absolute atomic E-state index is 0.0437. The first-order chi connectivity index (χ1) is 14.8. The van der Waals surface area contributed by atoms with Gasteiger partial charge >= 0.3 is 6.18 Å². The van der Waals surface area contributed by atoms with Gasteiger partial charge in [0, 0.05) is 37.7 Å². The number of carbonyl (C=O) groups is 1. The molecular weight excluding hydrogens is 451 g/mol. The quantitative estimate of drug-likeness (QED) is 0.691. The molecule has 3 heterocycles. The van der Waals surface area contributed by atoms with Crippen molar-refractivity contribution in [3.63, 3.8) is 0 Å². The number of nitrogens with two attached hydrogens (primary N) is 1. The second kappa shape index (κ2) is 8.73. The Morgan fingerprint density at radius 3 is 2.41 bits per heavy atom. The maximum Gasteiger partial charge on any atom is 0.417 e. The van der Waals surface area contributed by atoms with E-state index in [0.29, 0.717) is 12.3 Å².